The van der Waals surface area contributed by atoms with E-state index in [0.717, 1.165) is 56.2 Å². The Bertz CT molecular complexity index is 953. The second-order valence-corrected chi connectivity index (χ2v) is 8.95. The van der Waals surface area contributed by atoms with E-state index in [1.54, 1.807) is 16.4 Å². The van der Waals surface area contributed by atoms with Gasteiger partial charge in [0.05, 0.1) is 0 Å². The molecule has 8 heteroatoms. The van der Waals surface area contributed by atoms with Gasteiger partial charge in [0.15, 0.2) is 5.82 Å². The molecule has 2 aromatic heterocycles. The fourth-order valence-electron chi connectivity index (χ4n) is 4.19. The van der Waals surface area contributed by atoms with Crippen LogP contribution in [0.2, 0.25) is 0 Å². The highest BCUT2D eigenvalue weighted by Gasteiger charge is 2.32. The first-order valence-electron chi connectivity index (χ1n) is 9.33. The predicted molar refractivity (Wildman–Crippen MR) is 98.0 cm³/mol. The Hall–Kier alpha value is -1.93. The first-order chi connectivity index (χ1) is 12.5. The van der Waals surface area contributed by atoms with Crippen LogP contribution in [-0.2, 0) is 22.9 Å². The summed E-state index contributed by atoms with van der Waals surface area (Å²) in [4.78, 5) is 16.9. The Morgan fingerprint density at radius 2 is 2.00 bits per heavy atom. The summed E-state index contributed by atoms with van der Waals surface area (Å²) in [6.45, 7) is 2.33. The normalized spacial score (nSPS) is 17.9. The summed E-state index contributed by atoms with van der Waals surface area (Å²) in [6, 6.07) is 3.23. The number of fused-ring (bicyclic) bond motifs is 1. The SMILES string of the molecule is CCN(C1CCCC1)S(=O)(=O)c1ccc(-n2[nH]c3c(c2=O)CCC3)nc1. The molecule has 2 aliphatic rings. The molecule has 0 atom stereocenters. The Balaban J connectivity index is 1.64. The molecule has 0 unspecified atom stereocenters. The second-order valence-electron chi connectivity index (χ2n) is 7.06. The summed E-state index contributed by atoms with van der Waals surface area (Å²) in [5.74, 6) is 0.423. The molecule has 2 aliphatic carbocycles. The number of aromatic nitrogens is 3. The topological polar surface area (TPSA) is 88.1 Å². The molecule has 140 valence electrons. The molecule has 0 aromatic carbocycles. The van der Waals surface area contributed by atoms with Gasteiger partial charge in [-0.1, -0.05) is 19.8 Å². The van der Waals surface area contributed by atoms with Crippen molar-refractivity contribution >= 4 is 10.0 Å². The van der Waals surface area contributed by atoms with E-state index in [2.05, 4.69) is 10.1 Å². The smallest absolute Gasteiger partial charge is 0.276 e. The van der Waals surface area contributed by atoms with Crippen LogP contribution in [0.1, 0.15) is 50.3 Å². The average molecular weight is 376 g/mol. The van der Waals surface area contributed by atoms with Crippen molar-refractivity contribution in [1.82, 2.24) is 19.1 Å². The lowest BCUT2D eigenvalue weighted by Crippen LogP contribution is -2.38. The highest BCUT2D eigenvalue weighted by Crippen LogP contribution is 2.28. The first kappa shape index (κ1) is 17.5. The minimum absolute atomic E-state index is 0.0817. The number of nitrogens with one attached hydrogen (secondary N) is 1. The van der Waals surface area contributed by atoms with E-state index < -0.39 is 10.0 Å². The lowest BCUT2D eigenvalue weighted by atomic mass is 10.2. The van der Waals surface area contributed by atoms with Crippen LogP contribution in [0.25, 0.3) is 5.82 Å². The summed E-state index contributed by atoms with van der Waals surface area (Å²) in [5, 5.41) is 3.10. The lowest BCUT2D eigenvalue weighted by Gasteiger charge is -2.26. The third-order valence-electron chi connectivity index (χ3n) is 5.53. The molecule has 0 aliphatic heterocycles. The number of rotatable bonds is 5. The third-order valence-corrected chi connectivity index (χ3v) is 7.54. The molecule has 7 nitrogen and oxygen atoms in total. The van der Waals surface area contributed by atoms with Gasteiger partial charge in [-0.25, -0.2) is 18.1 Å². The van der Waals surface area contributed by atoms with Crippen LogP contribution in [-0.4, -0.2) is 40.1 Å². The van der Waals surface area contributed by atoms with Gasteiger partial charge in [-0.15, -0.1) is 0 Å². The van der Waals surface area contributed by atoms with Crippen LogP contribution < -0.4 is 5.56 Å². The van der Waals surface area contributed by atoms with Crippen molar-refractivity contribution in [3.05, 3.63) is 39.9 Å². The van der Waals surface area contributed by atoms with Gasteiger partial charge in [0, 0.05) is 30.0 Å². The largest absolute Gasteiger partial charge is 0.293 e. The summed E-state index contributed by atoms with van der Waals surface area (Å²) >= 11 is 0. The van der Waals surface area contributed by atoms with E-state index in [-0.39, 0.29) is 16.5 Å². The number of aromatic amines is 1. The highest BCUT2D eigenvalue weighted by atomic mass is 32.2. The minimum atomic E-state index is -3.57. The fraction of sp³-hybridized carbons (Fsp3) is 0.556. The van der Waals surface area contributed by atoms with Gasteiger partial charge in [0.25, 0.3) is 5.56 Å². The monoisotopic (exact) mass is 376 g/mol. The van der Waals surface area contributed by atoms with Gasteiger partial charge in [-0.05, 0) is 44.2 Å². The van der Waals surface area contributed by atoms with Crippen molar-refractivity contribution in [1.29, 1.82) is 0 Å². The number of hydrogen-bond acceptors (Lipinski definition) is 4. The maximum absolute atomic E-state index is 13.0. The Labute approximate surface area is 153 Å². The number of pyridine rings is 1. The van der Waals surface area contributed by atoms with Crippen molar-refractivity contribution in [3.63, 3.8) is 0 Å². The molecular weight excluding hydrogens is 352 g/mol. The summed E-state index contributed by atoms with van der Waals surface area (Å²) in [7, 11) is -3.57. The maximum Gasteiger partial charge on any atom is 0.276 e. The van der Waals surface area contributed by atoms with E-state index in [9.17, 15) is 13.2 Å². The summed E-state index contributed by atoms with van der Waals surface area (Å²) < 4.78 is 29.0. The molecular formula is C18H24N4O3S. The number of aryl methyl sites for hydroxylation is 1. The van der Waals surface area contributed by atoms with Crippen LogP contribution in [0.15, 0.2) is 28.0 Å². The van der Waals surface area contributed by atoms with E-state index in [0.29, 0.717) is 12.4 Å². The van der Waals surface area contributed by atoms with E-state index in [1.165, 1.54) is 10.9 Å². The Morgan fingerprint density at radius 3 is 2.62 bits per heavy atom. The number of H-pyrrole nitrogens is 1. The standard InChI is InChI=1S/C18H24N4O3S/c1-2-21(13-6-3-4-7-13)26(24,25)14-10-11-17(19-12-14)22-18(23)15-8-5-9-16(15)20-22/h10-13,20H,2-9H2,1H3. The van der Waals surface area contributed by atoms with Gasteiger partial charge in [-0.2, -0.15) is 4.31 Å². The van der Waals surface area contributed by atoms with Crippen molar-refractivity contribution in [2.45, 2.75) is 62.8 Å². The quantitative estimate of drug-likeness (QED) is 0.864. The molecule has 0 amide bonds. The van der Waals surface area contributed by atoms with Crippen LogP contribution >= 0.6 is 0 Å². The zero-order valence-electron chi connectivity index (χ0n) is 14.9. The fourth-order valence-corrected chi connectivity index (χ4v) is 5.83. The van der Waals surface area contributed by atoms with Crippen LogP contribution in [0.3, 0.4) is 0 Å². The molecule has 1 N–H and O–H groups in total. The number of hydrogen-bond donors (Lipinski definition) is 1. The molecule has 26 heavy (non-hydrogen) atoms. The van der Waals surface area contributed by atoms with Gasteiger partial charge >= 0.3 is 0 Å². The van der Waals surface area contributed by atoms with Gasteiger partial charge < -0.3 is 0 Å². The van der Waals surface area contributed by atoms with E-state index >= 15 is 0 Å². The third kappa shape index (κ3) is 2.81. The molecule has 2 heterocycles. The second kappa shape index (κ2) is 6.66. The Kier molecular flexibility index (Phi) is 4.48. The number of nitrogens with zero attached hydrogens (tertiary/aromatic N) is 3. The van der Waals surface area contributed by atoms with E-state index in [4.69, 9.17) is 0 Å². The van der Waals surface area contributed by atoms with Crippen molar-refractivity contribution in [2.24, 2.45) is 0 Å². The van der Waals surface area contributed by atoms with Gasteiger partial charge in [-0.3, -0.25) is 9.89 Å². The van der Waals surface area contributed by atoms with Gasteiger partial charge in [0.1, 0.15) is 4.90 Å². The zero-order chi connectivity index (χ0) is 18.3. The molecule has 1 saturated carbocycles. The zero-order valence-corrected chi connectivity index (χ0v) is 15.8. The minimum Gasteiger partial charge on any atom is -0.293 e. The van der Waals surface area contributed by atoms with Crippen molar-refractivity contribution in [3.8, 4) is 5.82 Å². The summed E-state index contributed by atoms with van der Waals surface area (Å²) in [5.41, 5.74) is 1.70. The number of sulfonamides is 1. The average Bonchev–Trinajstić information content (AvgIpc) is 3.36. The molecule has 0 saturated heterocycles. The lowest BCUT2D eigenvalue weighted by molar-refractivity contribution is 0.335. The predicted octanol–water partition coefficient (Wildman–Crippen LogP) is 2.00. The molecule has 0 spiro atoms. The highest BCUT2D eigenvalue weighted by molar-refractivity contribution is 7.89. The molecule has 4 rings (SSSR count). The maximum atomic E-state index is 13.0. The van der Waals surface area contributed by atoms with E-state index in [1.807, 2.05) is 6.92 Å². The van der Waals surface area contributed by atoms with Crippen molar-refractivity contribution < 1.29 is 8.42 Å². The molecule has 1 fully saturated rings. The molecule has 2 aromatic rings. The van der Waals surface area contributed by atoms with Gasteiger partial charge in [0.2, 0.25) is 10.0 Å². The van der Waals surface area contributed by atoms with Crippen LogP contribution in [0, 0.1) is 0 Å². The summed E-state index contributed by atoms with van der Waals surface area (Å²) in [6.07, 6.45) is 8.01. The van der Waals surface area contributed by atoms with Crippen LogP contribution in [0.4, 0.5) is 0 Å². The van der Waals surface area contributed by atoms with Crippen molar-refractivity contribution in [2.75, 3.05) is 6.54 Å². The first-order valence-corrected chi connectivity index (χ1v) is 10.8. The Morgan fingerprint density at radius 1 is 1.23 bits per heavy atom. The molecule has 0 radical (unpaired) electrons. The molecule has 0 bridgehead atoms. The van der Waals surface area contributed by atoms with Crippen LogP contribution in [0.5, 0.6) is 0 Å².